The average Bonchev–Trinajstić information content (AvgIpc) is 2.69. The molecule has 10 heteroatoms. The molecule has 0 aromatic heterocycles. The Balaban J connectivity index is 1.51. The molecule has 1 aliphatic heterocycles. The zero-order valence-corrected chi connectivity index (χ0v) is 16.4. The summed E-state index contributed by atoms with van der Waals surface area (Å²) in [6.07, 6.45) is -4.36. The fourth-order valence-electron chi connectivity index (χ4n) is 2.79. The number of rotatable bonds is 7. The first-order valence-corrected chi connectivity index (χ1v) is 9.31. The van der Waals surface area contributed by atoms with E-state index in [1.165, 1.54) is 4.90 Å². The highest BCUT2D eigenvalue weighted by atomic mass is 35.5. The summed E-state index contributed by atoms with van der Waals surface area (Å²) in [7, 11) is 0. The van der Waals surface area contributed by atoms with Crippen LogP contribution < -0.4 is 15.0 Å². The predicted molar refractivity (Wildman–Crippen MR) is 103 cm³/mol. The lowest BCUT2D eigenvalue weighted by Gasteiger charge is -2.29. The lowest BCUT2D eigenvalue weighted by molar-refractivity contribution is -0.176. The van der Waals surface area contributed by atoms with E-state index in [0.717, 1.165) is 5.56 Å². The molecule has 0 aliphatic carbocycles. The highest BCUT2D eigenvalue weighted by Crippen LogP contribution is 2.34. The summed E-state index contributed by atoms with van der Waals surface area (Å²) in [5.41, 5.74) is 1.76. The number of carbonyl (C=O) groups is 2. The molecule has 0 radical (unpaired) electrons. The number of benzene rings is 2. The number of nitrogens with one attached hydrogen (secondary N) is 1. The summed E-state index contributed by atoms with van der Waals surface area (Å²) in [6, 6.07) is 11.4. The van der Waals surface area contributed by atoms with Gasteiger partial charge in [0.15, 0.2) is 6.61 Å². The molecule has 0 spiro atoms. The summed E-state index contributed by atoms with van der Waals surface area (Å²) in [5.74, 6) is -0.271. The summed E-state index contributed by atoms with van der Waals surface area (Å²) in [4.78, 5) is 25.8. The van der Waals surface area contributed by atoms with Gasteiger partial charge in [0, 0.05) is 11.6 Å². The van der Waals surface area contributed by atoms with Gasteiger partial charge in [0.25, 0.3) is 5.91 Å². The Morgan fingerprint density at radius 3 is 2.57 bits per heavy atom. The molecule has 160 valence electrons. The molecule has 1 N–H and O–H groups in total. The van der Waals surface area contributed by atoms with Gasteiger partial charge in [0.05, 0.1) is 12.3 Å². The fraction of sp³-hybridized carbons (Fsp3) is 0.300. The average molecular weight is 443 g/mol. The molecule has 2 amide bonds. The largest absolute Gasteiger partial charge is 0.482 e. The zero-order chi connectivity index (χ0) is 21.7. The molecular formula is C20H18ClF3N2O4. The monoisotopic (exact) mass is 442 g/mol. The minimum atomic E-state index is -4.36. The molecule has 1 aliphatic rings. The normalized spacial score (nSPS) is 13.6. The van der Waals surface area contributed by atoms with Crippen LogP contribution in [-0.4, -0.2) is 37.7 Å². The van der Waals surface area contributed by atoms with Gasteiger partial charge in [-0.15, -0.1) is 0 Å². The standard InChI is InChI=1S/C20H18ClF3N2O4/c21-15-5-6-17-16(7-15)26(19(28)11-30-17)9-18(27)25-8-13-1-3-14(4-2-13)10-29-12-20(22,23)24/h1-7H,8-12H2,(H,25,27). The number of hydrogen-bond acceptors (Lipinski definition) is 4. The van der Waals surface area contributed by atoms with Crippen LogP contribution in [0.4, 0.5) is 18.9 Å². The lowest BCUT2D eigenvalue weighted by Crippen LogP contribution is -2.45. The number of fused-ring (bicyclic) bond motifs is 1. The van der Waals surface area contributed by atoms with Crippen molar-refractivity contribution in [3.8, 4) is 5.75 Å². The lowest BCUT2D eigenvalue weighted by atomic mass is 10.1. The first-order valence-electron chi connectivity index (χ1n) is 8.93. The van der Waals surface area contributed by atoms with Crippen LogP contribution in [0.5, 0.6) is 5.75 Å². The molecule has 6 nitrogen and oxygen atoms in total. The van der Waals surface area contributed by atoms with Crippen LogP contribution in [-0.2, 0) is 27.5 Å². The Morgan fingerprint density at radius 2 is 1.87 bits per heavy atom. The number of hydrogen-bond donors (Lipinski definition) is 1. The first kappa shape index (κ1) is 21.9. The van der Waals surface area contributed by atoms with Gasteiger partial charge >= 0.3 is 6.18 Å². The number of nitrogens with zero attached hydrogens (tertiary/aromatic N) is 1. The van der Waals surface area contributed by atoms with Crippen LogP contribution in [0.2, 0.25) is 5.02 Å². The molecule has 0 saturated heterocycles. The van der Waals surface area contributed by atoms with Gasteiger partial charge in [-0.1, -0.05) is 35.9 Å². The van der Waals surface area contributed by atoms with Gasteiger partial charge in [-0.25, -0.2) is 0 Å². The third-order valence-corrected chi connectivity index (χ3v) is 4.45. The van der Waals surface area contributed by atoms with Crippen molar-refractivity contribution >= 4 is 29.1 Å². The SMILES string of the molecule is O=C(CN1C(=O)COc2ccc(Cl)cc21)NCc1ccc(COCC(F)(F)F)cc1. The minimum Gasteiger partial charge on any atom is -0.482 e. The van der Waals surface area contributed by atoms with Crippen molar-refractivity contribution in [3.05, 3.63) is 58.6 Å². The Labute approximate surface area is 175 Å². The Bertz CT molecular complexity index is 919. The molecule has 0 atom stereocenters. The van der Waals surface area contributed by atoms with Gasteiger partial charge in [0.2, 0.25) is 5.91 Å². The van der Waals surface area contributed by atoms with Gasteiger partial charge in [-0.05, 0) is 29.3 Å². The molecule has 30 heavy (non-hydrogen) atoms. The van der Waals surface area contributed by atoms with Crippen LogP contribution in [0.3, 0.4) is 0 Å². The second-order valence-corrected chi connectivity index (χ2v) is 7.02. The summed E-state index contributed by atoms with van der Waals surface area (Å²) >= 11 is 5.98. The maximum absolute atomic E-state index is 12.3. The van der Waals surface area contributed by atoms with E-state index < -0.39 is 12.8 Å². The van der Waals surface area contributed by atoms with Crippen molar-refractivity contribution in [3.63, 3.8) is 0 Å². The maximum Gasteiger partial charge on any atom is 0.411 e. The number of alkyl halides is 3. The second kappa shape index (κ2) is 9.36. The highest BCUT2D eigenvalue weighted by Gasteiger charge is 2.28. The van der Waals surface area contributed by atoms with Crippen molar-refractivity contribution in [1.29, 1.82) is 0 Å². The molecule has 0 unspecified atom stereocenters. The molecule has 3 rings (SSSR count). The van der Waals surface area contributed by atoms with E-state index in [1.807, 2.05) is 0 Å². The van der Waals surface area contributed by atoms with Gasteiger partial charge in [-0.2, -0.15) is 13.2 Å². The van der Waals surface area contributed by atoms with Gasteiger partial charge in [0.1, 0.15) is 18.9 Å². The summed E-state index contributed by atoms with van der Waals surface area (Å²) in [5, 5.41) is 3.12. The molecule has 0 saturated carbocycles. The zero-order valence-electron chi connectivity index (χ0n) is 15.7. The highest BCUT2D eigenvalue weighted by molar-refractivity contribution is 6.31. The number of anilines is 1. The van der Waals surface area contributed by atoms with E-state index in [1.54, 1.807) is 42.5 Å². The van der Waals surface area contributed by atoms with Crippen LogP contribution in [0.25, 0.3) is 0 Å². The van der Waals surface area contributed by atoms with Crippen LogP contribution in [0.15, 0.2) is 42.5 Å². The van der Waals surface area contributed by atoms with E-state index in [2.05, 4.69) is 10.1 Å². The quantitative estimate of drug-likeness (QED) is 0.713. The Kier molecular flexibility index (Phi) is 6.84. The molecular weight excluding hydrogens is 425 g/mol. The van der Waals surface area contributed by atoms with Crippen molar-refractivity contribution in [1.82, 2.24) is 5.32 Å². The van der Waals surface area contributed by atoms with E-state index in [4.69, 9.17) is 16.3 Å². The van der Waals surface area contributed by atoms with Crippen molar-refractivity contribution in [2.75, 3.05) is 24.7 Å². The van der Waals surface area contributed by atoms with Crippen molar-refractivity contribution < 1.29 is 32.2 Å². The third kappa shape index (κ3) is 6.11. The van der Waals surface area contributed by atoms with Gasteiger partial charge < -0.3 is 14.8 Å². The molecule has 0 bridgehead atoms. The fourth-order valence-corrected chi connectivity index (χ4v) is 2.95. The topological polar surface area (TPSA) is 67.9 Å². The molecule has 2 aromatic carbocycles. The number of carbonyl (C=O) groups excluding carboxylic acids is 2. The van der Waals surface area contributed by atoms with E-state index in [0.29, 0.717) is 22.0 Å². The molecule has 2 aromatic rings. The van der Waals surface area contributed by atoms with Crippen LogP contribution >= 0.6 is 11.6 Å². The summed E-state index contributed by atoms with van der Waals surface area (Å²) in [6.45, 7) is -1.63. The number of ether oxygens (including phenoxy) is 2. The van der Waals surface area contributed by atoms with Crippen LogP contribution in [0.1, 0.15) is 11.1 Å². The maximum atomic E-state index is 12.3. The van der Waals surface area contributed by atoms with Gasteiger partial charge in [-0.3, -0.25) is 14.5 Å². The number of amides is 2. The van der Waals surface area contributed by atoms with Crippen molar-refractivity contribution in [2.24, 2.45) is 0 Å². The predicted octanol–water partition coefficient (Wildman–Crippen LogP) is 3.46. The Morgan fingerprint density at radius 1 is 1.17 bits per heavy atom. The van der Waals surface area contributed by atoms with E-state index in [-0.39, 0.29) is 38.1 Å². The summed E-state index contributed by atoms with van der Waals surface area (Å²) < 4.78 is 46.2. The van der Waals surface area contributed by atoms with Crippen molar-refractivity contribution in [2.45, 2.75) is 19.3 Å². The van der Waals surface area contributed by atoms with Crippen LogP contribution in [0, 0.1) is 0 Å². The van der Waals surface area contributed by atoms with E-state index in [9.17, 15) is 22.8 Å². The minimum absolute atomic E-state index is 0.159. The Hall–Kier alpha value is -2.78. The second-order valence-electron chi connectivity index (χ2n) is 6.58. The number of halogens is 4. The first-order chi connectivity index (χ1) is 14.2. The van der Waals surface area contributed by atoms with E-state index >= 15 is 0 Å². The third-order valence-electron chi connectivity index (χ3n) is 4.21. The smallest absolute Gasteiger partial charge is 0.411 e. The molecule has 0 fully saturated rings. The molecule has 1 heterocycles.